The second kappa shape index (κ2) is 13.3. The second-order valence-corrected chi connectivity index (χ2v) is 10.2. The molecule has 7 nitrogen and oxygen atoms in total. The highest BCUT2D eigenvalue weighted by Crippen LogP contribution is 2.42. The van der Waals surface area contributed by atoms with Crippen LogP contribution in [0.2, 0.25) is 0 Å². The van der Waals surface area contributed by atoms with E-state index < -0.39 is 15.6 Å². The summed E-state index contributed by atoms with van der Waals surface area (Å²) in [5.74, 6) is 2.01. The number of ether oxygens (including phenoxy) is 1. The molecular formula is C26H40N2O5Si. The fourth-order valence-corrected chi connectivity index (χ4v) is 6.10. The number of aliphatic hydroxyl groups is 1. The van der Waals surface area contributed by atoms with Crippen LogP contribution in [0.15, 0.2) is 43.1 Å². The first-order valence-corrected chi connectivity index (χ1v) is 13.8. The largest absolute Gasteiger partial charge is 0.497 e. The normalized spacial score (nSPS) is 24.5. The van der Waals surface area contributed by atoms with Crippen molar-refractivity contribution in [3.8, 4) is 5.75 Å². The lowest BCUT2D eigenvalue weighted by Crippen LogP contribution is -2.54. The van der Waals surface area contributed by atoms with E-state index in [1.165, 1.54) is 6.42 Å². The van der Waals surface area contributed by atoms with Gasteiger partial charge in [0.15, 0.2) is 0 Å². The molecule has 34 heavy (non-hydrogen) atoms. The highest BCUT2D eigenvalue weighted by molar-refractivity contribution is 6.36. The van der Waals surface area contributed by atoms with Crippen molar-refractivity contribution in [2.75, 3.05) is 40.0 Å². The average Bonchev–Trinajstić information content (AvgIpc) is 2.88. The molecule has 0 unspecified atom stereocenters. The predicted octanol–water partition coefficient (Wildman–Crippen LogP) is 3.99. The number of benzene rings is 1. The van der Waals surface area contributed by atoms with Crippen LogP contribution in [0.1, 0.15) is 45.3 Å². The maximum atomic E-state index is 11.2. The van der Waals surface area contributed by atoms with Gasteiger partial charge in [-0.05, 0) is 81.8 Å². The van der Waals surface area contributed by atoms with Crippen molar-refractivity contribution in [2.45, 2.75) is 45.8 Å². The number of hydrogen-bond acceptors (Lipinski definition) is 7. The molecule has 1 aromatic carbocycles. The van der Waals surface area contributed by atoms with Crippen LogP contribution in [-0.2, 0) is 13.3 Å². The zero-order valence-corrected chi connectivity index (χ0v) is 22.1. The van der Waals surface area contributed by atoms with Crippen LogP contribution in [0.4, 0.5) is 0 Å². The van der Waals surface area contributed by atoms with Crippen LogP contribution in [0, 0.1) is 11.8 Å². The first kappa shape index (κ1) is 26.8. The first-order valence-electron chi connectivity index (χ1n) is 12.4. The molecule has 2 aromatic rings. The number of pyridine rings is 1. The Morgan fingerprint density at radius 1 is 1.18 bits per heavy atom. The summed E-state index contributed by atoms with van der Waals surface area (Å²) < 4.78 is 21.0. The molecule has 188 valence electrons. The summed E-state index contributed by atoms with van der Waals surface area (Å²) in [5, 5.41) is 12.1. The first-order chi connectivity index (χ1) is 16.6. The molecule has 4 heterocycles. The van der Waals surface area contributed by atoms with E-state index in [1.807, 2.05) is 45.0 Å². The van der Waals surface area contributed by atoms with Gasteiger partial charge in [-0.15, -0.1) is 6.58 Å². The predicted molar refractivity (Wildman–Crippen MR) is 137 cm³/mol. The third-order valence-electron chi connectivity index (χ3n) is 6.73. The van der Waals surface area contributed by atoms with Gasteiger partial charge in [0.1, 0.15) is 5.75 Å². The molecule has 5 rings (SSSR count). The maximum Gasteiger partial charge on any atom is 0.484 e. The summed E-state index contributed by atoms with van der Waals surface area (Å²) in [4.78, 5) is 6.86. The minimum Gasteiger partial charge on any atom is -0.497 e. The number of methoxy groups -OCH3 is 1. The van der Waals surface area contributed by atoms with Gasteiger partial charge in [-0.3, -0.25) is 9.88 Å². The zero-order valence-electron chi connectivity index (χ0n) is 21.0. The van der Waals surface area contributed by atoms with Gasteiger partial charge in [0.2, 0.25) is 0 Å². The minimum absolute atomic E-state index is 0.178. The van der Waals surface area contributed by atoms with Crippen LogP contribution in [0.25, 0.3) is 10.9 Å². The molecule has 0 amide bonds. The number of rotatable bonds is 10. The topological polar surface area (TPSA) is 73.3 Å². The molecule has 3 aliphatic heterocycles. The molecular weight excluding hydrogens is 448 g/mol. The smallest absolute Gasteiger partial charge is 0.484 e. The second-order valence-electron chi connectivity index (χ2n) is 8.63. The summed E-state index contributed by atoms with van der Waals surface area (Å²) in [6, 6.07) is 7.96. The lowest BCUT2D eigenvalue weighted by atomic mass is 9.73. The Balaban J connectivity index is 0.000000277. The molecule has 0 radical (unpaired) electrons. The number of hydrogen-bond donors (Lipinski definition) is 1. The van der Waals surface area contributed by atoms with Crippen LogP contribution >= 0.6 is 0 Å². The van der Waals surface area contributed by atoms with Crippen molar-refractivity contribution in [1.82, 2.24) is 9.88 Å². The third-order valence-corrected chi connectivity index (χ3v) is 8.54. The van der Waals surface area contributed by atoms with Gasteiger partial charge in [-0.2, -0.15) is 0 Å². The number of aliphatic hydroxyl groups excluding tert-OH is 1. The van der Waals surface area contributed by atoms with E-state index in [2.05, 4.69) is 22.5 Å². The molecule has 1 N–H and O–H groups in total. The summed E-state index contributed by atoms with van der Waals surface area (Å²) >= 11 is 0. The number of piperidine rings is 3. The molecule has 3 saturated heterocycles. The van der Waals surface area contributed by atoms with E-state index in [1.54, 1.807) is 13.3 Å². The van der Waals surface area contributed by atoms with Crippen molar-refractivity contribution < 1.29 is 23.1 Å². The van der Waals surface area contributed by atoms with Crippen LogP contribution in [0.3, 0.4) is 0 Å². The van der Waals surface area contributed by atoms with Crippen molar-refractivity contribution in [1.29, 1.82) is 0 Å². The highest BCUT2D eigenvalue weighted by Gasteiger charge is 2.42. The van der Waals surface area contributed by atoms with Gasteiger partial charge in [-0.25, -0.2) is 0 Å². The van der Waals surface area contributed by atoms with Crippen molar-refractivity contribution >= 4 is 20.4 Å². The standard InChI is InChI=1S/C20H24N2O2.C6H16O3Si/c1-3-13-12-22-9-7-14(13)10-19(22)20(23)16-6-8-21-18-5-4-15(24-2)11-17(16)18;1-4-7-10(8-5-2)9-6-3/h3-6,8,11,13-14,19-20,23H,1,7,9-10,12H2,2H3;10H,4-6H2,1-3H3/t13-,14-,19-,20+;/m0./s1. The summed E-state index contributed by atoms with van der Waals surface area (Å²) in [5.41, 5.74) is 1.85. The minimum atomic E-state index is -1.73. The molecule has 0 aliphatic carbocycles. The SMILES string of the molecule is C=C[C@H]1C[N@]2CC[C@H]1C[C@H]2[C@H](O)c1ccnc2ccc(OC)cc12.CCO[SiH](OCC)OCC. The van der Waals surface area contributed by atoms with Gasteiger partial charge in [0.05, 0.1) is 18.7 Å². The molecule has 1 aromatic heterocycles. The Morgan fingerprint density at radius 3 is 2.44 bits per heavy atom. The van der Waals surface area contributed by atoms with Crippen LogP contribution < -0.4 is 4.74 Å². The Hall–Kier alpha value is -1.81. The van der Waals surface area contributed by atoms with E-state index in [9.17, 15) is 5.11 Å². The molecule has 0 spiro atoms. The van der Waals surface area contributed by atoms with Gasteiger partial charge < -0.3 is 23.1 Å². The van der Waals surface area contributed by atoms with E-state index in [4.69, 9.17) is 18.0 Å². The lowest BCUT2D eigenvalue weighted by Gasteiger charge is -2.50. The van der Waals surface area contributed by atoms with Gasteiger partial charge in [0, 0.05) is 44.0 Å². The molecule has 3 fully saturated rings. The fourth-order valence-electron chi connectivity index (χ4n) is 5.00. The maximum absolute atomic E-state index is 11.2. The fraction of sp³-hybridized carbons (Fsp3) is 0.577. The van der Waals surface area contributed by atoms with Gasteiger partial charge >= 0.3 is 9.53 Å². The average molecular weight is 489 g/mol. The van der Waals surface area contributed by atoms with E-state index in [-0.39, 0.29) is 6.04 Å². The monoisotopic (exact) mass is 488 g/mol. The number of fused-ring (bicyclic) bond motifs is 4. The van der Waals surface area contributed by atoms with Gasteiger partial charge in [0.25, 0.3) is 0 Å². The summed E-state index contributed by atoms with van der Waals surface area (Å²) in [6.07, 6.45) is 5.62. The van der Waals surface area contributed by atoms with Crippen molar-refractivity contribution in [2.24, 2.45) is 11.8 Å². The molecule has 3 aliphatic rings. The highest BCUT2D eigenvalue weighted by atomic mass is 28.3. The van der Waals surface area contributed by atoms with Crippen molar-refractivity contribution in [3.05, 3.63) is 48.7 Å². The van der Waals surface area contributed by atoms with E-state index >= 15 is 0 Å². The summed E-state index contributed by atoms with van der Waals surface area (Å²) in [7, 11) is -0.0722. The number of aromatic nitrogens is 1. The van der Waals surface area contributed by atoms with E-state index in [0.717, 1.165) is 41.7 Å². The Kier molecular flexibility index (Phi) is 10.5. The van der Waals surface area contributed by atoms with Crippen LogP contribution in [-0.4, -0.2) is 70.6 Å². The Bertz CT molecular complexity index is 900. The molecule has 0 saturated carbocycles. The van der Waals surface area contributed by atoms with E-state index in [0.29, 0.717) is 31.7 Å². The number of nitrogens with zero attached hydrogens (tertiary/aromatic N) is 2. The van der Waals surface area contributed by atoms with Gasteiger partial charge in [-0.1, -0.05) is 6.08 Å². The third kappa shape index (κ3) is 6.44. The van der Waals surface area contributed by atoms with Crippen molar-refractivity contribution in [3.63, 3.8) is 0 Å². The Labute approximate surface area is 205 Å². The zero-order chi connectivity index (χ0) is 24.5. The quantitative estimate of drug-likeness (QED) is 0.400. The molecule has 2 bridgehead atoms. The summed E-state index contributed by atoms with van der Waals surface area (Å²) in [6.45, 7) is 13.9. The Morgan fingerprint density at radius 2 is 1.88 bits per heavy atom. The molecule has 5 atom stereocenters. The van der Waals surface area contributed by atoms with Crippen LogP contribution in [0.5, 0.6) is 5.75 Å². The lowest BCUT2D eigenvalue weighted by molar-refractivity contribution is -0.0444. The molecule has 8 heteroatoms.